The van der Waals surface area contributed by atoms with Crippen molar-refractivity contribution < 1.29 is 9.53 Å². The Morgan fingerprint density at radius 1 is 1.30 bits per heavy atom. The molecule has 0 unspecified atom stereocenters. The summed E-state index contributed by atoms with van der Waals surface area (Å²) in [5.74, 6) is 0. The van der Waals surface area contributed by atoms with Crippen molar-refractivity contribution in [3.8, 4) is 0 Å². The van der Waals surface area contributed by atoms with E-state index in [-0.39, 0.29) is 6.09 Å². The number of hydrogen-bond acceptors (Lipinski definition) is 5. The van der Waals surface area contributed by atoms with Crippen LogP contribution in [-0.4, -0.2) is 43.8 Å². The third-order valence-electron chi connectivity index (χ3n) is 3.54. The van der Waals surface area contributed by atoms with Crippen LogP contribution < -0.4 is 16.4 Å². The first-order valence-corrected chi connectivity index (χ1v) is 6.91. The predicted octanol–water partition coefficient (Wildman–Crippen LogP) is 1.01. The summed E-state index contributed by atoms with van der Waals surface area (Å²) in [6.45, 7) is 5.46. The highest BCUT2D eigenvalue weighted by atomic mass is 16.6. The fourth-order valence-corrected chi connectivity index (χ4v) is 2.46. The van der Waals surface area contributed by atoms with E-state index in [0.29, 0.717) is 26.2 Å². The Kier molecular flexibility index (Phi) is 4.68. The lowest BCUT2D eigenvalue weighted by Gasteiger charge is -2.36. The van der Waals surface area contributed by atoms with Crippen LogP contribution in [0.1, 0.15) is 12.5 Å². The zero-order valence-corrected chi connectivity index (χ0v) is 11.8. The Hall–Kier alpha value is -1.95. The minimum absolute atomic E-state index is 0.237. The van der Waals surface area contributed by atoms with Crippen molar-refractivity contribution >= 4 is 17.5 Å². The molecule has 4 N–H and O–H groups in total. The lowest BCUT2D eigenvalue weighted by molar-refractivity contribution is 0.105. The van der Waals surface area contributed by atoms with Crippen LogP contribution in [0.4, 0.5) is 16.2 Å². The Morgan fingerprint density at radius 3 is 2.60 bits per heavy atom. The van der Waals surface area contributed by atoms with Crippen molar-refractivity contribution in [3.05, 3.63) is 23.8 Å². The summed E-state index contributed by atoms with van der Waals surface area (Å²) < 4.78 is 5.01. The molecule has 1 heterocycles. The van der Waals surface area contributed by atoms with E-state index in [2.05, 4.69) is 4.90 Å². The van der Waals surface area contributed by atoms with Crippen LogP contribution in [0.15, 0.2) is 18.2 Å². The summed E-state index contributed by atoms with van der Waals surface area (Å²) in [4.78, 5) is 15.6. The molecule has 1 amide bonds. The van der Waals surface area contributed by atoms with Gasteiger partial charge in [-0.15, -0.1) is 0 Å². The van der Waals surface area contributed by atoms with E-state index in [9.17, 15) is 4.79 Å². The first-order chi connectivity index (χ1) is 9.67. The minimum Gasteiger partial charge on any atom is -0.450 e. The van der Waals surface area contributed by atoms with E-state index in [1.807, 2.05) is 25.1 Å². The van der Waals surface area contributed by atoms with Gasteiger partial charge in [0.15, 0.2) is 0 Å². The number of piperazine rings is 1. The second kappa shape index (κ2) is 6.47. The molecule has 0 saturated carbocycles. The lowest BCUT2D eigenvalue weighted by Crippen LogP contribution is -2.49. The SMILES string of the molecule is CCOC(=O)N1CCN(c2cccc(N)c2CN)CC1. The van der Waals surface area contributed by atoms with Crippen LogP contribution in [-0.2, 0) is 11.3 Å². The van der Waals surface area contributed by atoms with Gasteiger partial charge in [0, 0.05) is 49.7 Å². The third kappa shape index (κ3) is 2.96. The monoisotopic (exact) mass is 278 g/mol. The van der Waals surface area contributed by atoms with Crippen molar-refractivity contribution in [3.63, 3.8) is 0 Å². The number of anilines is 2. The molecule has 1 saturated heterocycles. The zero-order valence-electron chi connectivity index (χ0n) is 11.8. The number of nitrogens with zero attached hydrogens (tertiary/aromatic N) is 2. The molecule has 0 spiro atoms. The number of carbonyl (C=O) groups excluding carboxylic acids is 1. The van der Waals surface area contributed by atoms with E-state index < -0.39 is 0 Å². The topological polar surface area (TPSA) is 84.8 Å². The molecule has 1 aromatic rings. The second-order valence-electron chi connectivity index (χ2n) is 4.72. The number of ether oxygens (including phenoxy) is 1. The molecule has 1 aromatic carbocycles. The molecule has 0 radical (unpaired) electrons. The standard InChI is InChI=1S/C14H22N4O2/c1-2-20-14(19)18-8-6-17(7-9-18)13-5-3-4-12(16)11(13)10-15/h3-5H,2,6-10,15-16H2,1H3. The molecule has 2 rings (SSSR count). The van der Waals surface area contributed by atoms with Crippen LogP contribution in [0.5, 0.6) is 0 Å². The van der Waals surface area contributed by atoms with Crippen molar-refractivity contribution in [2.24, 2.45) is 5.73 Å². The van der Waals surface area contributed by atoms with Gasteiger partial charge >= 0.3 is 6.09 Å². The second-order valence-corrected chi connectivity index (χ2v) is 4.72. The molecule has 0 aliphatic carbocycles. The molecule has 0 atom stereocenters. The Bertz CT molecular complexity index is 470. The average molecular weight is 278 g/mol. The summed E-state index contributed by atoms with van der Waals surface area (Å²) >= 11 is 0. The smallest absolute Gasteiger partial charge is 0.409 e. The maximum Gasteiger partial charge on any atom is 0.409 e. The van der Waals surface area contributed by atoms with Crippen molar-refractivity contribution in [1.82, 2.24) is 4.90 Å². The van der Waals surface area contributed by atoms with Crippen molar-refractivity contribution in [2.45, 2.75) is 13.5 Å². The van der Waals surface area contributed by atoms with E-state index in [1.54, 1.807) is 4.90 Å². The molecule has 1 fully saturated rings. The number of nitrogens with two attached hydrogens (primary N) is 2. The fraction of sp³-hybridized carbons (Fsp3) is 0.500. The van der Waals surface area contributed by atoms with Gasteiger partial charge in [-0.05, 0) is 19.1 Å². The summed E-state index contributed by atoms with van der Waals surface area (Å²) in [6, 6.07) is 5.82. The predicted molar refractivity (Wildman–Crippen MR) is 79.6 cm³/mol. The van der Waals surface area contributed by atoms with Gasteiger partial charge in [-0.25, -0.2) is 4.79 Å². The summed E-state index contributed by atoms with van der Waals surface area (Å²) in [6.07, 6.45) is -0.237. The zero-order chi connectivity index (χ0) is 14.5. The summed E-state index contributed by atoms with van der Waals surface area (Å²) in [5.41, 5.74) is 14.5. The van der Waals surface area contributed by atoms with Crippen LogP contribution >= 0.6 is 0 Å². The van der Waals surface area contributed by atoms with Gasteiger partial charge in [0.05, 0.1) is 6.61 Å². The van der Waals surface area contributed by atoms with Gasteiger partial charge in [-0.2, -0.15) is 0 Å². The maximum atomic E-state index is 11.7. The molecule has 0 aromatic heterocycles. The first kappa shape index (κ1) is 14.5. The fourth-order valence-electron chi connectivity index (χ4n) is 2.46. The molecule has 1 aliphatic heterocycles. The molecular formula is C14H22N4O2. The maximum absolute atomic E-state index is 11.7. The third-order valence-corrected chi connectivity index (χ3v) is 3.54. The summed E-state index contributed by atoms with van der Waals surface area (Å²) in [7, 11) is 0. The number of rotatable bonds is 3. The van der Waals surface area contributed by atoms with Gasteiger partial charge in [0.2, 0.25) is 0 Å². The molecule has 6 nitrogen and oxygen atoms in total. The van der Waals surface area contributed by atoms with E-state index in [0.717, 1.165) is 30.0 Å². The highest BCUT2D eigenvalue weighted by molar-refractivity contribution is 5.69. The van der Waals surface area contributed by atoms with Crippen LogP contribution in [0, 0.1) is 0 Å². The number of hydrogen-bond donors (Lipinski definition) is 2. The van der Waals surface area contributed by atoms with Gasteiger partial charge in [-0.1, -0.05) is 6.07 Å². The Balaban J connectivity index is 2.04. The highest BCUT2D eigenvalue weighted by Crippen LogP contribution is 2.26. The Labute approximate surface area is 119 Å². The van der Waals surface area contributed by atoms with Gasteiger partial charge < -0.3 is 26.0 Å². The van der Waals surface area contributed by atoms with Crippen LogP contribution in [0.3, 0.4) is 0 Å². The average Bonchev–Trinajstić information content (AvgIpc) is 2.47. The lowest BCUT2D eigenvalue weighted by atomic mass is 10.1. The molecule has 0 bridgehead atoms. The highest BCUT2D eigenvalue weighted by Gasteiger charge is 2.23. The Morgan fingerprint density at radius 2 is 2.00 bits per heavy atom. The molecule has 110 valence electrons. The van der Waals surface area contributed by atoms with Gasteiger partial charge in [0.1, 0.15) is 0 Å². The number of carbonyl (C=O) groups is 1. The number of amides is 1. The first-order valence-electron chi connectivity index (χ1n) is 6.91. The van der Waals surface area contributed by atoms with Crippen molar-refractivity contribution in [1.29, 1.82) is 0 Å². The van der Waals surface area contributed by atoms with E-state index in [1.165, 1.54) is 0 Å². The summed E-state index contributed by atoms with van der Waals surface area (Å²) in [5, 5.41) is 0. The van der Waals surface area contributed by atoms with Gasteiger partial charge in [0.25, 0.3) is 0 Å². The molecule has 20 heavy (non-hydrogen) atoms. The quantitative estimate of drug-likeness (QED) is 0.806. The molecule has 1 aliphatic rings. The number of benzene rings is 1. The van der Waals surface area contributed by atoms with Crippen molar-refractivity contribution in [2.75, 3.05) is 43.4 Å². The van der Waals surface area contributed by atoms with E-state index in [4.69, 9.17) is 16.2 Å². The molecular weight excluding hydrogens is 256 g/mol. The number of nitrogen functional groups attached to an aromatic ring is 1. The van der Waals surface area contributed by atoms with E-state index >= 15 is 0 Å². The molecule has 6 heteroatoms. The normalized spacial score (nSPS) is 15.3. The van der Waals surface area contributed by atoms with Crippen LogP contribution in [0.25, 0.3) is 0 Å². The minimum atomic E-state index is -0.237. The largest absolute Gasteiger partial charge is 0.450 e. The van der Waals surface area contributed by atoms with Gasteiger partial charge in [-0.3, -0.25) is 0 Å². The van der Waals surface area contributed by atoms with Crippen LogP contribution in [0.2, 0.25) is 0 Å².